The van der Waals surface area contributed by atoms with E-state index < -0.39 is 6.10 Å². The number of ether oxygens (including phenoxy) is 3. The molecule has 0 saturated carbocycles. The van der Waals surface area contributed by atoms with Gasteiger partial charge in [-0.2, -0.15) is 0 Å². The number of allylic oxidation sites excluding steroid dienone is 8. The second-order valence-electron chi connectivity index (χ2n) is 20.6. The smallest absolute Gasteiger partial charge is 0.306 e. The average molecular weight is 982 g/mol. The van der Waals surface area contributed by atoms with Crippen molar-refractivity contribution in [1.29, 1.82) is 0 Å². The van der Waals surface area contributed by atoms with Crippen LogP contribution in [0.4, 0.5) is 0 Å². The Morgan fingerprint density at radius 2 is 0.557 bits per heavy atom. The maximum absolute atomic E-state index is 12.9. The van der Waals surface area contributed by atoms with Crippen molar-refractivity contribution in [3.63, 3.8) is 0 Å². The SMILES string of the molecule is CC/C=C\C/C=C\C/C=C\CCCCCCCCCC(=O)OC(COC(=O)CCCCCCC/C=C\CCCCCCCCC)COC(=O)CCCCCCCCCCCCCCCCCCCCC. The van der Waals surface area contributed by atoms with Gasteiger partial charge in [-0.3, -0.25) is 14.4 Å². The van der Waals surface area contributed by atoms with Gasteiger partial charge < -0.3 is 14.2 Å². The van der Waals surface area contributed by atoms with Gasteiger partial charge in [0, 0.05) is 19.3 Å². The van der Waals surface area contributed by atoms with Crippen LogP contribution in [0.2, 0.25) is 0 Å². The first-order valence-corrected chi connectivity index (χ1v) is 30.6. The summed E-state index contributed by atoms with van der Waals surface area (Å²) in [5.41, 5.74) is 0. The van der Waals surface area contributed by atoms with E-state index in [0.29, 0.717) is 19.3 Å². The lowest BCUT2D eigenvalue weighted by Crippen LogP contribution is -2.30. The van der Waals surface area contributed by atoms with Gasteiger partial charge in [-0.1, -0.05) is 275 Å². The van der Waals surface area contributed by atoms with Crippen LogP contribution in [0.1, 0.15) is 323 Å². The van der Waals surface area contributed by atoms with Gasteiger partial charge in [0.15, 0.2) is 6.10 Å². The van der Waals surface area contributed by atoms with Crippen molar-refractivity contribution in [2.45, 2.75) is 329 Å². The molecule has 408 valence electrons. The summed E-state index contributed by atoms with van der Waals surface area (Å²) in [5.74, 6) is -0.876. The first-order valence-electron chi connectivity index (χ1n) is 30.6. The Hall–Kier alpha value is -2.63. The predicted molar refractivity (Wildman–Crippen MR) is 302 cm³/mol. The molecule has 0 N–H and O–H groups in total. The lowest BCUT2D eigenvalue weighted by molar-refractivity contribution is -0.167. The molecule has 0 radical (unpaired) electrons. The van der Waals surface area contributed by atoms with Crippen LogP contribution in [-0.4, -0.2) is 37.2 Å². The van der Waals surface area contributed by atoms with Gasteiger partial charge in [-0.15, -0.1) is 0 Å². The number of hydrogen-bond acceptors (Lipinski definition) is 6. The Labute approximate surface area is 435 Å². The Morgan fingerprint density at radius 1 is 0.300 bits per heavy atom. The molecule has 0 heterocycles. The van der Waals surface area contributed by atoms with Crippen LogP contribution >= 0.6 is 0 Å². The van der Waals surface area contributed by atoms with Crippen molar-refractivity contribution < 1.29 is 28.6 Å². The van der Waals surface area contributed by atoms with Crippen molar-refractivity contribution in [3.05, 3.63) is 48.6 Å². The summed E-state index contributed by atoms with van der Waals surface area (Å²) in [6.07, 6.45) is 72.5. The lowest BCUT2D eigenvalue weighted by atomic mass is 10.0. The van der Waals surface area contributed by atoms with Gasteiger partial charge in [-0.25, -0.2) is 0 Å². The van der Waals surface area contributed by atoms with E-state index in [2.05, 4.69) is 69.4 Å². The van der Waals surface area contributed by atoms with Crippen LogP contribution in [-0.2, 0) is 28.6 Å². The second kappa shape index (κ2) is 58.9. The maximum atomic E-state index is 12.9. The van der Waals surface area contributed by atoms with Crippen LogP contribution in [0, 0.1) is 0 Å². The highest BCUT2D eigenvalue weighted by atomic mass is 16.6. The van der Waals surface area contributed by atoms with Crippen LogP contribution in [0.5, 0.6) is 0 Å². The van der Waals surface area contributed by atoms with Gasteiger partial charge in [0.1, 0.15) is 13.2 Å². The van der Waals surface area contributed by atoms with Gasteiger partial charge in [0.05, 0.1) is 0 Å². The Balaban J connectivity index is 4.35. The van der Waals surface area contributed by atoms with E-state index in [0.717, 1.165) is 89.9 Å². The van der Waals surface area contributed by atoms with E-state index in [1.165, 1.54) is 193 Å². The molecular formula is C64H116O6. The molecule has 0 rings (SSSR count). The molecule has 0 fully saturated rings. The van der Waals surface area contributed by atoms with Crippen LogP contribution in [0.25, 0.3) is 0 Å². The number of carbonyl (C=O) groups excluding carboxylic acids is 3. The zero-order chi connectivity index (χ0) is 50.7. The van der Waals surface area contributed by atoms with Gasteiger partial charge in [0.25, 0.3) is 0 Å². The third-order valence-corrected chi connectivity index (χ3v) is 13.6. The van der Waals surface area contributed by atoms with Crippen LogP contribution < -0.4 is 0 Å². The summed E-state index contributed by atoms with van der Waals surface area (Å²) in [6.45, 7) is 6.56. The minimum atomic E-state index is -0.780. The van der Waals surface area contributed by atoms with Crippen molar-refractivity contribution in [3.8, 4) is 0 Å². The summed E-state index contributed by atoms with van der Waals surface area (Å²) in [4.78, 5) is 38.3. The van der Waals surface area contributed by atoms with E-state index >= 15 is 0 Å². The standard InChI is InChI=1S/C64H116O6/c1-4-7-10-13-16-19-22-25-28-31-32-34-36-39-42-45-48-51-54-57-63(66)69-60-61(59-68-62(65)56-53-50-47-44-41-38-35-30-27-24-21-18-15-12-9-6-3)70-64(67)58-55-52-49-46-43-40-37-33-29-26-23-20-17-14-11-8-5-2/h8,11,17,20,26,29-30,35,61H,4-7,9-10,12-16,18-19,21-25,27-28,31-34,36-60H2,1-3H3/b11-8-,20-17-,29-26-,35-30-. The molecule has 6 heteroatoms. The van der Waals surface area contributed by atoms with Gasteiger partial charge in [-0.05, 0) is 77.0 Å². The average Bonchev–Trinajstić information content (AvgIpc) is 3.36. The minimum absolute atomic E-state index is 0.0764. The summed E-state index contributed by atoms with van der Waals surface area (Å²) in [7, 11) is 0. The van der Waals surface area contributed by atoms with Gasteiger partial charge in [0.2, 0.25) is 0 Å². The molecule has 0 spiro atoms. The molecule has 0 bridgehead atoms. The summed E-state index contributed by atoms with van der Waals surface area (Å²) >= 11 is 0. The fraction of sp³-hybridized carbons (Fsp3) is 0.828. The van der Waals surface area contributed by atoms with Crippen LogP contribution in [0.15, 0.2) is 48.6 Å². The molecule has 1 atom stereocenters. The molecule has 0 aromatic carbocycles. The van der Waals surface area contributed by atoms with Crippen LogP contribution in [0.3, 0.4) is 0 Å². The highest BCUT2D eigenvalue weighted by molar-refractivity contribution is 5.71. The Kier molecular flexibility index (Phi) is 56.7. The van der Waals surface area contributed by atoms with E-state index in [1.807, 2.05) is 0 Å². The largest absolute Gasteiger partial charge is 0.462 e. The predicted octanol–water partition coefficient (Wildman–Crippen LogP) is 20.6. The fourth-order valence-corrected chi connectivity index (χ4v) is 8.98. The van der Waals surface area contributed by atoms with Gasteiger partial charge >= 0.3 is 17.9 Å². The summed E-state index contributed by atoms with van der Waals surface area (Å²) < 4.78 is 16.9. The zero-order valence-electron chi connectivity index (χ0n) is 46.8. The fourth-order valence-electron chi connectivity index (χ4n) is 8.98. The second-order valence-corrected chi connectivity index (χ2v) is 20.6. The van der Waals surface area contributed by atoms with Crippen molar-refractivity contribution >= 4 is 17.9 Å². The van der Waals surface area contributed by atoms with Crippen molar-refractivity contribution in [1.82, 2.24) is 0 Å². The van der Waals surface area contributed by atoms with Crippen molar-refractivity contribution in [2.75, 3.05) is 13.2 Å². The molecule has 0 aromatic heterocycles. The number of carbonyl (C=O) groups is 3. The summed E-state index contributed by atoms with van der Waals surface area (Å²) in [5, 5.41) is 0. The lowest BCUT2D eigenvalue weighted by Gasteiger charge is -2.18. The molecule has 6 nitrogen and oxygen atoms in total. The molecule has 1 unspecified atom stereocenters. The third-order valence-electron chi connectivity index (χ3n) is 13.6. The Bertz CT molecular complexity index is 1220. The first-order chi connectivity index (χ1) is 34.5. The molecule has 0 aliphatic heterocycles. The number of unbranched alkanes of at least 4 members (excludes halogenated alkanes) is 37. The highest BCUT2D eigenvalue weighted by Crippen LogP contribution is 2.17. The van der Waals surface area contributed by atoms with E-state index in [1.54, 1.807) is 0 Å². The molecule has 0 aliphatic rings. The van der Waals surface area contributed by atoms with E-state index in [4.69, 9.17) is 14.2 Å². The zero-order valence-corrected chi connectivity index (χ0v) is 46.8. The highest BCUT2D eigenvalue weighted by Gasteiger charge is 2.19. The molecule has 0 aliphatic carbocycles. The maximum Gasteiger partial charge on any atom is 0.306 e. The Morgan fingerprint density at radius 3 is 0.886 bits per heavy atom. The molecule has 70 heavy (non-hydrogen) atoms. The number of hydrogen-bond donors (Lipinski definition) is 0. The quantitative estimate of drug-likeness (QED) is 0.0261. The first kappa shape index (κ1) is 67.4. The number of rotatable bonds is 56. The minimum Gasteiger partial charge on any atom is -0.462 e. The third kappa shape index (κ3) is 56.3. The van der Waals surface area contributed by atoms with E-state index in [9.17, 15) is 14.4 Å². The van der Waals surface area contributed by atoms with E-state index in [-0.39, 0.29) is 31.1 Å². The summed E-state index contributed by atoms with van der Waals surface area (Å²) in [6, 6.07) is 0. The number of esters is 3. The normalized spacial score (nSPS) is 12.3. The molecule has 0 aromatic rings. The molecular weight excluding hydrogens is 865 g/mol. The molecule has 0 amide bonds. The monoisotopic (exact) mass is 981 g/mol. The molecule has 0 saturated heterocycles. The topological polar surface area (TPSA) is 78.9 Å². The van der Waals surface area contributed by atoms with Crippen molar-refractivity contribution in [2.24, 2.45) is 0 Å².